The van der Waals surface area contributed by atoms with Crippen molar-refractivity contribution in [1.29, 1.82) is 0 Å². The molecule has 5 heteroatoms. The van der Waals surface area contributed by atoms with Gasteiger partial charge in [-0.1, -0.05) is 18.2 Å². The third-order valence-electron chi connectivity index (χ3n) is 2.92. The van der Waals surface area contributed by atoms with Crippen molar-refractivity contribution in [3.63, 3.8) is 0 Å². The van der Waals surface area contributed by atoms with E-state index in [0.29, 0.717) is 18.1 Å². The third kappa shape index (κ3) is 1.64. The van der Waals surface area contributed by atoms with Crippen molar-refractivity contribution in [1.82, 2.24) is 14.8 Å². The molecule has 0 radical (unpaired) electrons. The highest BCUT2D eigenvalue weighted by molar-refractivity contribution is 5.56. The Morgan fingerprint density at radius 3 is 3.11 bits per heavy atom. The van der Waals surface area contributed by atoms with Crippen LogP contribution < -0.4 is 10.5 Å². The quantitative estimate of drug-likeness (QED) is 0.823. The summed E-state index contributed by atoms with van der Waals surface area (Å²) in [5, 5.41) is 4.46. The van der Waals surface area contributed by atoms with Gasteiger partial charge in [0.25, 0.3) is 0 Å². The van der Waals surface area contributed by atoms with E-state index in [1.807, 2.05) is 35.9 Å². The molecule has 5 nitrogen and oxygen atoms in total. The molecule has 0 amide bonds. The van der Waals surface area contributed by atoms with Gasteiger partial charge in [0.05, 0.1) is 12.3 Å². The summed E-state index contributed by atoms with van der Waals surface area (Å²) in [4.78, 5) is 4.46. The maximum Gasteiger partial charge on any atom is 0.197 e. The van der Waals surface area contributed by atoms with E-state index >= 15 is 0 Å². The first-order chi connectivity index (χ1) is 8.79. The second-order valence-corrected chi connectivity index (χ2v) is 4.07. The Hall–Kier alpha value is -2.30. The predicted octanol–water partition coefficient (Wildman–Crippen LogP) is 1.52. The Labute approximate surface area is 105 Å². The zero-order valence-electron chi connectivity index (χ0n) is 10.1. The van der Waals surface area contributed by atoms with Crippen molar-refractivity contribution in [3.8, 4) is 11.4 Å². The van der Waals surface area contributed by atoms with Crippen LogP contribution in [-0.2, 0) is 6.42 Å². The van der Waals surface area contributed by atoms with Crippen molar-refractivity contribution in [3.05, 3.63) is 42.0 Å². The van der Waals surface area contributed by atoms with Crippen LogP contribution in [0.15, 0.2) is 30.3 Å². The Bertz CT molecular complexity index is 615. The fourth-order valence-electron chi connectivity index (χ4n) is 1.96. The van der Waals surface area contributed by atoms with Crippen LogP contribution in [0.3, 0.4) is 0 Å². The number of hydrogen-bond acceptors (Lipinski definition) is 4. The van der Waals surface area contributed by atoms with Crippen LogP contribution in [0.25, 0.3) is 11.4 Å². The molecule has 1 aliphatic heterocycles. The molecule has 0 saturated carbocycles. The molecule has 18 heavy (non-hydrogen) atoms. The van der Waals surface area contributed by atoms with Gasteiger partial charge in [-0.2, -0.15) is 0 Å². The number of fused-ring (bicyclic) bond motifs is 3. The molecular weight excluding hydrogens is 228 g/mol. The van der Waals surface area contributed by atoms with Gasteiger partial charge in [0.1, 0.15) is 17.3 Å². The van der Waals surface area contributed by atoms with Crippen molar-refractivity contribution >= 4 is 5.70 Å². The Morgan fingerprint density at radius 2 is 2.28 bits per heavy atom. The van der Waals surface area contributed by atoms with Crippen LogP contribution in [0, 0.1) is 0 Å². The first-order valence-electron chi connectivity index (χ1n) is 5.90. The summed E-state index contributed by atoms with van der Waals surface area (Å²) in [5.41, 5.74) is 7.36. The molecule has 2 aromatic rings. The minimum atomic E-state index is 0.573. The normalized spacial score (nSPS) is 14.4. The van der Waals surface area contributed by atoms with Gasteiger partial charge < -0.3 is 10.5 Å². The van der Waals surface area contributed by atoms with Gasteiger partial charge in [-0.05, 0) is 19.1 Å². The molecule has 1 aromatic carbocycles. The Morgan fingerprint density at radius 1 is 1.44 bits per heavy atom. The number of rotatable bonds is 1. The minimum Gasteiger partial charge on any atom is -0.491 e. The Kier molecular flexibility index (Phi) is 2.51. The van der Waals surface area contributed by atoms with Gasteiger partial charge in [0.15, 0.2) is 5.82 Å². The molecular formula is C13H14N4O. The molecule has 0 spiro atoms. The lowest BCUT2D eigenvalue weighted by molar-refractivity contribution is 0.325. The number of allylic oxidation sites excluding steroid dienone is 1. The lowest BCUT2D eigenvalue weighted by Crippen LogP contribution is -2.02. The van der Waals surface area contributed by atoms with E-state index in [4.69, 9.17) is 10.5 Å². The van der Waals surface area contributed by atoms with E-state index in [0.717, 1.165) is 23.7 Å². The van der Waals surface area contributed by atoms with E-state index < -0.39 is 0 Å². The molecule has 0 aliphatic carbocycles. The predicted molar refractivity (Wildman–Crippen MR) is 68.4 cm³/mol. The molecule has 0 bridgehead atoms. The molecule has 1 aromatic heterocycles. The summed E-state index contributed by atoms with van der Waals surface area (Å²) in [6.07, 6.45) is 2.52. The Balaban J connectivity index is 2.18. The average molecular weight is 242 g/mol. The van der Waals surface area contributed by atoms with Crippen LogP contribution in [0.4, 0.5) is 0 Å². The summed E-state index contributed by atoms with van der Waals surface area (Å²) >= 11 is 0. The number of ether oxygens (including phenoxy) is 1. The molecule has 0 saturated heterocycles. The van der Waals surface area contributed by atoms with Crippen LogP contribution in [0.2, 0.25) is 0 Å². The lowest BCUT2D eigenvalue weighted by atomic mass is 10.3. The molecule has 1 aliphatic rings. The summed E-state index contributed by atoms with van der Waals surface area (Å²) < 4.78 is 7.48. The van der Waals surface area contributed by atoms with Crippen molar-refractivity contribution in [2.75, 3.05) is 6.61 Å². The monoisotopic (exact) mass is 242 g/mol. The maximum atomic E-state index is 5.86. The van der Waals surface area contributed by atoms with E-state index in [9.17, 15) is 0 Å². The van der Waals surface area contributed by atoms with Gasteiger partial charge in [0.2, 0.25) is 0 Å². The van der Waals surface area contributed by atoms with E-state index in [-0.39, 0.29) is 0 Å². The molecule has 0 atom stereocenters. The van der Waals surface area contributed by atoms with Crippen molar-refractivity contribution in [2.45, 2.75) is 13.3 Å². The summed E-state index contributed by atoms with van der Waals surface area (Å²) in [6.45, 7) is 2.48. The lowest BCUT2D eigenvalue weighted by Gasteiger charge is -2.06. The average Bonchev–Trinajstić information content (AvgIpc) is 2.75. The fraction of sp³-hybridized carbons (Fsp3) is 0.231. The van der Waals surface area contributed by atoms with E-state index in [1.165, 1.54) is 0 Å². The highest BCUT2D eigenvalue weighted by atomic mass is 16.5. The summed E-state index contributed by atoms with van der Waals surface area (Å²) in [5.74, 6) is 2.27. The molecule has 92 valence electrons. The molecule has 3 rings (SSSR count). The standard InChI is InChI=1S/C13H14N4O/c1-2-9(14)13-15-12-7-8-18-11-6-4-3-5-10(11)17(12)16-13/h2-6H,7-8,14H2,1H3/b9-2-. The topological polar surface area (TPSA) is 66.0 Å². The van der Waals surface area contributed by atoms with Gasteiger partial charge in [-0.15, -0.1) is 5.10 Å². The minimum absolute atomic E-state index is 0.573. The van der Waals surface area contributed by atoms with Gasteiger partial charge >= 0.3 is 0 Å². The van der Waals surface area contributed by atoms with Crippen LogP contribution in [0.1, 0.15) is 18.6 Å². The summed E-state index contributed by atoms with van der Waals surface area (Å²) in [6, 6.07) is 7.80. The smallest absolute Gasteiger partial charge is 0.197 e. The highest BCUT2D eigenvalue weighted by Gasteiger charge is 2.18. The zero-order chi connectivity index (χ0) is 12.5. The van der Waals surface area contributed by atoms with Crippen molar-refractivity contribution in [2.24, 2.45) is 5.73 Å². The first kappa shape index (κ1) is 10.8. The number of nitrogens with zero attached hydrogens (tertiary/aromatic N) is 3. The first-order valence-corrected chi connectivity index (χ1v) is 5.90. The van der Waals surface area contributed by atoms with Gasteiger partial charge in [-0.25, -0.2) is 9.67 Å². The molecule has 0 unspecified atom stereocenters. The number of hydrogen-bond donors (Lipinski definition) is 1. The zero-order valence-corrected chi connectivity index (χ0v) is 10.1. The number of benzene rings is 1. The number of para-hydroxylation sites is 2. The number of nitrogens with two attached hydrogens (primary N) is 1. The molecule has 0 fully saturated rings. The van der Waals surface area contributed by atoms with Crippen LogP contribution in [-0.4, -0.2) is 21.4 Å². The van der Waals surface area contributed by atoms with Crippen LogP contribution in [0.5, 0.6) is 5.75 Å². The van der Waals surface area contributed by atoms with E-state index in [2.05, 4.69) is 10.1 Å². The molecule has 2 N–H and O–H groups in total. The van der Waals surface area contributed by atoms with Gasteiger partial charge in [-0.3, -0.25) is 0 Å². The fourth-order valence-corrected chi connectivity index (χ4v) is 1.96. The summed E-state index contributed by atoms with van der Waals surface area (Å²) in [7, 11) is 0. The third-order valence-corrected chi connectivity index (χ3v) is 2.92. The maximum absolute atomic E-state index is 5.86. The van der Waals surface area contributed by atoms with Gasteiger partial charge in [0, 0.05) is 6.42 Å². The van der Waals surface area contributed by atoms with Crippen molar-refractivity contribution < 1.29 is 4.74 Å². The second kappa shape index (κ2) is 4.18. The number of aromatic nitrogens is 3. The van der Waals surface area contributed by atoms with E-state index in [1.54, 1.807) is 6.08 Å². The highest BCUT2D eigenvalue weighted by Crippen LogP contribution is 2.26. The second-order valence-electron chi connectivity index (χ2n) is 4.07. The van der Waals surface area contributed by atoms with Crippen LogP contribution >= 0.6 is 0 Å². The SMILES string of the molecule is C/C=C(\N)c1nc2n(n1)-c1ccccc1OCC2. The molecule has 2 heterocycles. The largest absolute Gasteiger partial charge is 0.491 e.